The molecule has 0 saturated heterocycles. The third kappa shape index (κ3) is 7.21. The van der Waals surface area contributed by atoms with Gasteiger partial charge < -0.3 is 10.4 Å². The summed E-state index contributed by atoms with van der Waals surface area (Å²) in [7, 11) is 0. The van der Waals surface area contributed by atoms with Gasteiger partial charge in [-0.15, -0.1) is 0 Å². The van der Waals surface area contributed by atoms with E-state index in [1.807, 2.05) is 13.8 Å². The predicted molar refractivity (Wildman–Crippen MR) is 61.5 cm³/mol. The molecule has 4 heteroatoms. The molecule has 0 rings (SSSR count). The summed E-state index contributed by atoms with van der Waals surface area (Å²) >= 11 is 1.75. The van der Waals surface area contributed by atoms with Gasteiger partial charge in [0.15, 0.2) is 0 Å². The van der Waals surface area contributed by atoms with E-state index in [0.717, 1.165) is 11.5 Å². The molecular weight excluding hydrogens is 198 g/mol. The molecule has 2 N–H and O–H groups in total. The highest BCUT2D eigenvalue weighted by Gasteiger charge is 2.10. The number of hydrogen-bond donors (Lipinski definition) is 2. The molecule has 0 bridgehead atoms. The minimum atomic E-state index is -0.433. The van der Waals surface area contributed by atoms with Crippen molar-refractivity contribution in [2.75, 3.05) is 18.1 Å². The largest absolute Gasteiger partial charge is 0.391 e. The number of nitrogens with one attached hydrogen (secondary N) is 1. The van der Waals surface area contributed by atoms with Crippen LogP contribution >= 0.6 is 11.8 Å². The number of rotatable bonds is 7. The van der Waals surface area contributed by atoms with Gasteiger partial charge >= 0.3 is 0 Å². The first-order chi connectivity index (χ1) is 6.57. The zero-order valence-corrected chi connectivity index (χ0v) is 10.1. The lowest BCUT2D eigenvalue weighted by Crippen LogP contribution is -2.34. The molecular formula is C10H21NO2S. The average Bonchev–Trinajstić information content (AvgIpc) is 2.14. The molecule has 0 aromatic heterocycles. The van der Waals surface area contributed by atoms with Crippen LogP contribution < -0.4 is 5.32 Å². The summed E-state index contributed by atoms with van der Waals surface area (Å²) in [5, 5.41) is 12.1. The highest BCUT2D eigenvalue weighted by molar-refractivity contribution is 7.99. The first-order valence-electron chi connectivity index (χ1n) is 5.10. The van der Waals surface area contributed by atoms with Crippen LogP contribution in [0.4, 0.5) is 0 Å². The Bertz CT molecular complexity index is 162. The second-order valence-corrected chi connectivity index (χ2v) is 4.96. The van der Waals surface area contributed by atoms with Gasteiger partial charge in [0.05, 0.1) is 6.10 Å². The number of carbonyl (C=O) groups excluding carboxylic acids is 1. The number of carbonyl (C=O) groups is 1. The Morgan fingerprint density at radius 2 is 2.14 bits per heavy atom. The maximum Gasteiger partial charge on any atom is 0.220 e. The summed E-state index contributed by atoms with van der Waals surface area (Å²) in [5.74, 6) is 2.13. The molecule has 0 aliphatic heterocycles. The van der Waals surface area contributed by atoms with E-state index in [2.05, 4.69) is 12.2 Å². The van der Waals surface area contributed by atoms with Gasteiger partial charge in [0.1, 0.15) is 0 Å². The molecule has 1 amide bonds. The maximum atomic E-state index is 11.2. The molecule has 0 heterocycles. The molecule has 0 fully saturated rings. The van der Waals surface area contributed by atoms with Crippen molar-refractivity contribution in [2.24, 2.45) is 5.92 Å². The standard InChI is InChI=1S/C10H21NO2S/c1-4-14-6-5-10(13)11-7-9(12)8(2)3/h8-9,12H,4-7H2,1-3H3,(H,11,13). The molecule has 0 aromatic rings. The highest BCUT2D eigenvalue weighted by Crippen LogP contribution is 2.01. The molecule has 0 aliphatic rings. The average molecular weight is 219 g/mol. The van der Waals surface area contributed by atoms with E-state index in [1.54, 1.807) is 11.8 Å². The van der Waals surface area contributed by atoms with Crippen LogP contribution in [-0.4, -0.2) is 35.2 Å². The van der Waals surface area contributed by atoms with Gasteiger partial charge in [-0.2, -0.15) is 11.8 Å². The fourth-order valence-corrected chi connectivity index (χ4v) is 1.47. The number of amides is 1. The minimum absolute atomic E-state index is 0.0330. The van der Waals surface area contributed by atoms with Crippen LogP contribution in [0.25, 0.3) is 0 Å². The number of hydrogen-bond acceptors (Lipinski definition) is 3. The Balaban J connectivity index is 3.44. The van der Waals surface area contributed by atoms with E-state index >= 15 is 0 Å². The summed E-state index contributed by atoms with van der Waals surface area (Å²) in [5.41, 5.74) is 0. The Morgan fingerprint density at radius 1 is 1.50 bits per heavy atom. The SMILES string of the molecule is CCSCCC(=O)NCC(O)C(C)C. The lowest BCUT2D eigenvalue weighted by Gasteiger charge is -2.14. The molecule has 0 spiro atoms. The number of aliphatic hydroxyl groups is 1. The Kier molecular flexibility index (Phi) is 7.99. The van der Waals surface area contributed by atoms with Gasteiger partial charge in [0.2, 0.25) is 5.91 Å². The molecule has 0 radical (unpaired) electrons. The van der Waals surface area contributed by atoms with Crippen molar-refractivity contribution in [3.8, 4) is 0 Å². The van der Waals surface area contributed by atoms with Crippen molar-refractivity contribution >= 4 is 17.7 Å². The number of aliphatic hydroxyl groups excluding tert-OH is 1. The first kappa shape index (κ1) is 13.8. The summed E-state index contributed by atoms with van der Waals surface area (Å²) < 4.78 is 0. The van der Waals surface area contributed by atoms with Crippen LogP contribution in [0.3, 0.4) is 0 Å². The number of thioether (sulfide) groups is 1. The van der Waals surface area contributed by atoms with Gasteiger partial charge in [0.25, 0.3) is 0 Å². The summed E-state index contributed by atoms with van der Waals surface area (Å²) in [6.45, 7) is 6.31. The lowest BCUT2D eigenvalue weighted by molar-refractivity contribution is -0.121. The molecule has 3 nitrogen and oxygen atoms in total. The third-order valence-electron chi connectivity index (χ3n) is 1.96. The van der Waals surface area contributed by atoms with Crippen molar-refractivity contribution in [1.82, 2.24) is 5.32 Å². The van der Waals surface area contributed by atoms with Gasteiger partial charge in [0, 0.05) is 18.7 Å². The Labute approximate surface area is 90.7 Å². The fourth-order valence-electron chi connectivity index (χ4n) is 0.852. The van der Waals surface area contributed by atoms with Crippen molar-refractivity contribution in [2.45, 2.75) is 33.3 Å². The molecule has 14 heavy (non-hydrogen) atoms. The second kappa shape index (κ2) is 8.12. The second-order valence-electron chi connectivity index (χ2n) is 3.56. The highest BCUT2D eigenvalue weighted by atomic mass is 32.2. The van der Waals surface area contributed by atoms with E-state index in [0.29, 0.717) is 13.0 Å². The van der Waals surface area contributed by atoms with E-state index in [-0.39, 0.29) is 11.8 Å². The van der Waals surface area contributed by atoms with E-state index < -0.39 is 6.10 Å². The van der Waals surface area contributed by atoms with Crippen molar-refractivity contribution in [3.63, 3.8) is 0 Å². The molecule has 0 aliphatic carbocycles. The van der Waals surface area contributed by atoms with Crippen molar-refractivity contribution < 1.29 is 9.90 Å². The van der Waals surface area contributed by atoms with E-state index in [4.69, 9.17) is 0 Å². The molecule has 0 aromatic carbocycles. The van der Waals surface area contributed by atoms with Gasteiger partial charge in [-0.05, 0) is 11.7 Å². The quantitative estimate of drug-likeness (QED) is 0.634. The molecule has 84 valence electrons. The monoisotopic (exact) mass is 219 g/mol. The van der Waals surface area contributed by atoms with Crippen LogP contribution in [0.1, 0.15) is 27.2 Å². The smallest absolute Gasteiger partial charge is 0.220 e. The zero-order chi connectivity index (χ0) is 11.0. The lowest BCUT2D eigenvalue weighted by atomic mass is 10.1. The van der Waals surface area contributed by atoms with E-state index in [9.17, 15) is 9.90 Å². The normalized spacial score (nSPS) is 12.9. The molecule has 1 atom stereocenters. The maximum absolute atomic E-state index is 11.2. The van der Waals surface area contributed by atoms with E-state index in [1.165, 1.54) is 0 Å². The minimum Gasteiger partial charge on any atom is -0.391 e. The van der Waals surface area contributed by atoms with Gasteiger partial charge in [-0.25, -0.2) is 0 Å². The summed E-state index contributed by atoms with van der Waals surface area (Å²) in [6, 6.07) is 0. The molecule has 0 saturated carbocycles. The summed E-state index contributed by atoms with van der Waals surface area (Å²) in [4.78, 5) is 11.2. The third-order valence-corrected chi connectivity index (χ3v) is 2.86. The Morgan fingerprint density at radius 3 is 2.64 bits per heavy atom. The van der Waals surface area contributed by atoms with Crippen LogP contribution in [0.5, 0.6) is 0 Å². The van der Waals surface area contributed by atoms with Crippen LogP contribution in [-0.2, 0) is 4.79 Å². The summed E-state index contributed by atoms with van der Waals surface area (Å²) in [6.07, 6.45) is 0.112. The van der Waals surface area contributed by atoms with Gasteiger partial charge in [-0.3, -0.25) is 4.79 Å². The van der Waals surface area contributed by atoms with Crippen molar-refractivity contribution in [3.05, 3.63) is 0 Å². The van der Waals surface area contributed by atoms with Gasteiger partial charge in [-0.1, -0.05) is 20.8 Å². The fraction of sp³-hybridized carbons (Fsp3) is 0.900. The van der Waals surface area contributed by atoms with Crippen LogP contribution in [0.15, 0.2) is 0 Å². The van der Waals surface area contributed by atoms with Crippen molar-refractivity contribution in [1.29, 1.82) is 0 Å². The topological polar surface area (TPSA) is 49.3 Å². The van der Waals surface area contributed by atoms with Crippen LogP contribution in [0, 0.1) is 5.92 Å². The first-order valence-corrected chi connectivity index (χ1v) is 6.25. The zero-order valence-electron chi connectivity index (χ0n) is 9.25. The predicted octanol–water partition coefficient (Wildman–Crippen LogP) is 1.26. The Hall–Kier alpha value is -0.220. The van der Waals surface area contributed by atoms with Crippen LogP contribution in [0.2, 0.25) is 0 Å². The molecule has 1 unspecified atom stereocenters.